The molecular weight excluding hydrogens is 902 g/mol. The van der Waals surface area contributed by atoms with Gasteiger partial charge in [-0.3, -0.25) is 14.2 Å². The zero-order chi connectivity index (χ0) is 49.5. The van der Waals surface area contributed by atoms with Crippen LogP contribution in [0.5, 0.6) is 5.75 Å². The van der Waals surface area contributed by atoms with Crippen LogP contribution < -0.4 is 15.4 Å². The Labute approximate surface area is 405 Å². The minimum atomic E-state index is -0.795. The van der Waals surface area contributed by atoms with Crippen LogP contribution in [-0.2, 0) is 31.0 Å². The molecule has 0 spiro atoms. The van der Waals surface area contributed by atoms with E-state index in [1.807, 2.05) is 58.9 Å². The summed E-state index contributed by atoms with van der Waals surface area (Å²) in [5.74, 6) is 0.264. The highest BCUT2D eigenvalue weighted by molar-refractivity contribution is 7.12. The Morgan fingerprint density at radius 2 is 1.61 bits per heavy atom. The van der Waals surface area contributed by atoms with Gasteiger partial charge in [-0.1, -0.05) is 61.5 Å². The summed E-state index contributed by atoms with van der Waals surface area (Å²) >= 11 is 1.66. The van der Waals surface area contributed by atoms with Gasteiger partial charge in [-0.05, 0) is 79.0 Å². The van der Waals surface area contributed by atoms with Gasteiger partial charge >= 0.3 is 12.2 Å². The van der Waals surface area contributed by atoms with Crippen molar-refractivity contribution in [3.8, 4) is 39.5 Å². The summed E-state index contributed by atoms with van der Waals surface area (Å²) in [6.45, 7) is 17.1. The van der Waals surface area contributed by atoms with Crippen molar-refractivity contribution in [1.29, 1.82) is 0 Å². The third-order valence-corrected chi connectivity index (χ3v) is 14.4. The van der Waals surface area contributed by atoms with Gasteiger partial charge in [0.2, 0.25) is 18.0 Å². The molecule has 4 aromatic heterocycles. The third-order valence-electron chi connectivity index (χ3n) is 12.9. The number of alkyl carbamates (subject to hydrolysis) is 2. The normalized spacial score (nSPS) is 16.5. The van der Waals surface area contributed by atoms with Crippen molar-refractivity contribution < 1.29 is 37.8 Å². The van der Waals surface area contributed by atoms with E-state index in [-0.39, 0.29) is 41.7 Å². The Morgan fingerprint density at radius 3 is 2.28 bits per heavy atom. The zero-order valence-corrected chi connectivity index (χ0v) is 41.7. The fourth-order valence-corrected chi connectivity index (χ4v) is 10.3. The summed E-state index contributed by atoms with van der Waals surface area (Å²) in [6, 6.07) is 13.7. The maximum absolute atomic E-state index is 16.9. The molecule has 366 valence electrons. The highest BCUT2D eigenvalue weighted by Gasteiger charge is 2.38. The van der Waals surface area contributed by atoms with Crippen molar-refractivity contribution in [2.45, 2.75) is 111 Å². The van der Waals surface area contributed by atoms with Crippen molar-refractivity contribution >= 4 is 46.2 Å². The molecule has 4 unspecified atom stereocenters. The van der Waals surface area contributed by atoms with Crippen LogP contribution in [0.3, 0.4) is 0 Å². The molecular formula is C51H62FN9O7S. The van der Waals surface area contributed by atoms with Gasteiger partial charge in [-0.2, -0.15) is 0 Å². The number of carbonyl (C=O) groups excluding carboxylic acids is 4. The van der Waals surface area contributed by atoms with Crippen molar-refractivity contribution in [2.75, 3.05) is 27.3 Å². The predicted molar refractivity (Wildman–Crippen MR) is 262 cm³/mol. The van der Waals surface area contributed by atoms with E-state index in [9.17, 15) is 19.2 Å². The van der Waals surface area contributed by atoms with Crippen molar-refractivity contribution in [1.82, 2.24) is 44.9 Å². The van der Waals surface area contributed by atoms with Gasteiger partial charge in [0.1, 0.15) is 35.3 Å². The van der Waals surface area contributed by atoms with Gasteiger partial charge in [0, 0.05) is 34.5 Å². The van der Waals surface area contributed by atoms with Crippen LogP contribution in [0, 0.1) is 17.7 Å². The van der Waals surface area contributed by atoms with E-state index in [0.717, 1.165) is 39.9 Å². The van der Waals surface area contributed by atoms with Crippen LogP contribution in [0.2, 0.25) is 0 Å². The van der Waals surface area contributed by atoms with E-state index in [4.69, 9.17) is 19.2 Å². The van der Waals surface area contributed by atoms with E-state index < -0.39 is 36.3 Å². The average Bonchev–Trinajstić information content (AvgIpc) is 4.18. The molecule has 1 saturated heterocycles. The number of nitrogens with zero attached hydrogens (tertiary/aromatic N) is 5. The summed E-state index contributed by atoms with van der Waals surface area (Å²) in [7, 11) is 2.54. The second-order valence-corrected chi connectivity index (χ2v) is 20.6. The molecule has 18 heteroatoms. The van der Waals surface area contributed by atoms with E-state index in [1.165, 1.54) is 25.2 Å². The molecule has 2 aromatic carbocycles. The molecule has 69 heavy (non-hydrogen) atoms. The second kappa shape index (κ2) is 19.7. The molecule has 8 rings (SSSR count). The number of hydrogen-bond donors (Lipinski definition) is 4. The van der Waals surface area contributed by atoms with Gasteiger partial charge in [-0.25, -0.2) is 23.9 Å². The largest absolute Gasteiger partial charge is 0.464 e. The number of aromatic nitrogens is 5. The topological polar surface area (TPSA) is 189 Å². The maximum atomic E-state index is 16.9. The molecule has 0 aliphatic carbocycles. The van der Waals surface area contributed by atoms with Crippen molar-refractivity contribution in [3.63, 3.8) is 0 Å². The molecule has 4 amide bonds. The first kappa shape index (κ1) is 48.8. The number of benzene rings is 2. The number of fused-ring (bicyclic) bond motifs is 5. The number of halogens is 1. The summed E-state index contributed by atoms with van der Waals surface area (Å²) in [6.07, 6.45) is 3.64. The molecule has 4 atom stereocenters. The lowest BCUT2D eigenvalue weighted by Gasteiger charge is -2.30. The Kier molecular flexibility index (Phi) is 13.9. The van der Waals surface area contributed by atoms with Gasteiger partial charge < -0.3 is 44.6 Å². The number of hydrogen-bond acceptors (Lipinski definition) is 10. The maximum Gasteiger partial charge on any atom is 0.407 e. The van der Waals surface area contributed by atoms with Gasteiger partial charge in [0.15, 0.2) is 0 Å². The summed E-state index contributed by atoms with van der Waals surface area (Å²) in [5, 5.41) is 6.24. The molecule has 16 nitrogen and oxygen atoms in total. The lowest BCUT2D eigenvalue weighted by molar-refractivity contribution is -0.136. The van der Waals surface area contributed by atoms with Crippen LogP contribution in [0.4, 0.5) is 14.0 Å². The van der Waals surface area contributed by atoms with Crippen LogP contribution >= 0.6 is 11.3 Å². The Hall–Kier alpha value is -6.69. The average molecular weight is 964 g/mol. The van der Waals surface area contributed by atoms with Crippen LogP contribution in [-0.4, -0.2) is 97.7 Å². The Morgan fingerprint density at radius 1 is 0.913 bits per heavy atom. The number of rotatable bonds is 14. The van der Waals surface area contributed by atoms with Gasteiger partial charge in [-0.15, -0.1) is 11.3 Å². The molecule has 2 aliphatic rings. The predicted octanol–water partition coefficient (Wildman–Crippen LogP) is 9.69. The number of aromatic amines is 2. The standard InChI is InChI=1S/C51H62FN9O7S/c1-11-18-59(46(62)43(27(2)3)57-49(64)66-9)26-41-53-24-34(55-41)30-21-32(52)42-37-22-31-20-29(14-15-35(31)61(37)48(68-38(42)23-30)39-16-17-40(69-39)51(6,7)8)33-25-54-45(56-33)36-13-12-19-60(36)47(63)44(28(4)5)58-50(65)67-10/h14-17,20-25,27-28,36,43-44,48H,11-13,18-19,26H2,1-10H3,(H,53,55)(H,54,56)(H,57,64)(H,58,65). The first-order valence-electron chi connectivity index (χ1n) is 23.5. The van der Waals surface area contributed by atoms with Crippen LogP contribution in [0.15, 0.2) is 60.9 Å². The summed E-state index contributed by atoms with van der Waals surface area (Å²) in [4.78, 5) is 73.5. The second-order valence-electron chi connectivity index (χ2n) is 19.5. The van der Waals surface area contributed by atoms with E-state index >= 15 is 4.39 Å². The molecule has 1 fully saturated rings. The van der Waals surface area contributed by atoms with E-state index in [2.05, 4.69) is 69.1 Å². The number of H-pyrrole nitrogens is 2. The fourth-order valence-electron chi connectivity index (χ4n) is 9.22. The molecule has 0 radical (unpaired) electrons. The smallest absolute Gasteiger partial charge is 0.407 e. The Balaban J connectivity index is 1.12. The van der Waals surface area contributed by atoms with Crippen molar-refractivity contribution in [3.05, 3.63) is 88.1 Å². The number of thiophene rings is 1. The molecule has 2 aliphatic heterocycles. The first-order chi connectivity index (χ1) is 32.9. The number of carbonyl (C=O) groups is 4. The van der Waals surface area contributed by atoms with E-state index in [0.29, 0.717) is 59.4 Å². The zero-order valence-electron chi connectivity index (χ0n) is 40.9. The SMILES string of the molecule is CCCN(Cc1ncc(-c2cc(F)c3c(c2)OC(c2ccc(C(C)(C)C)s2)n2c-3cc3cc(-c4cnc(C5CCCN5C(=O)C(NC(=O)OC)C(C)C)[nH]4)ccc32)[nH]1)C(=O)C(NC(=O)OC)C(C)C. The highest BCUT2D eigenvalue weighted by atomic mass is 32.1. The van der Waals surface area contributed by atoms with Crippen molar-refractivity contribution in [2.24, 2.45) is 11.8 Å². The molecule has 4 N–H and O–H groups in total. The lowest BCUT2D eigenvalue weighted by atomic mass is 9.95. The molecule has 0 saturated carbocycles. The van der Waals surface area contributed by atoms with E-state index in [1.54, 1.807) is 33.5 Å². The Bertz CT molecular complexity index is 2870. The third kappa shape index (κ3) is 9.80. The summed E-state index contributed by atoms with van der Waals surface area (Å²) in [5.41, 5.74) is 4.44. The lowest BCUT2D eigenvalue weighted by Crippen LogP contribution is -2.51. The van der Waals surface area contributed by atoms with Gasteiger partial charge in [0.25, 0.3) is 0 Å². The highest BCUT2D eigenvalue weighted by Crippen LogP contribution is 2.49. The first-order valence-corrected chi connectivity index (χ1v) is 24.4. The number of methoxy groups -OCH3 is 2. The number of amides is 4. The number of ether oxygens (including phenoxy) is 3. The fraction of sp³-hybridized carbons (Fsp3) is 0.451. The monoisotopic (exact) mass is 963 g/mol. The quantitative estimate of drug-likeness (QED) is 0.0824. The summed E-state index contributed by atoms with van der Waals surface area (Å²) < 4.78 is 35.4. The van der Waals surface area contributed by atoms with Crippen LogP contribution in [0.1, 0.15) is 108 Å². The van der Waals surface area contributed by atoms with Crippen LogP contribution in [0.25, 0.3) is 44.7 Å². The molecule has 6 heterocycles. The van der Waals surface area contributed by atoms with Gasteiger partial charge in [0.05, 0.1) is 72.2 Å². The number of nitrogens with one attached hydrogen (secondary N) is 4. The minimum Gasteiger partial charge on any atom is -0.464 e. The molecule has 0 bridgehead atoms. The molecule has 6 aromatic rings. The minimum absolute atomic E-state index is 0.101. The number of likely N-dealkylation sites (tertiary alicyclic amines) is 1. The number of imidazole rings is 2.